The molecular weight excluding hydrogens is 445 g/mol. The molecule has 3 aromatic rings. The van der Waals surface area contributed by atoms with Gasteiger partial charge in [0.15, 0.2) is 18.0 Å². The van der Waals surface area contributed by atoms with Crippen molar-refractivity contribution in [1.29, 1.82) is 0 Å². The zero-order valence-electron chi connectivity index (χ0n) is 19.0. The highest BCUT2D eigenvalue weighted by atomic mass is 19.1. The lowest BCUT2D eigenvalue weighted by Crippen LogP contribution is -2.24. The van der Waals surface area contributed by atoms with Gasteiger partial charge in [-0.1, -0.05) is 30.8 Å². The van der Waals surface area contributed by atoms with Crippen molar-refractivity contribution in [2.45, 2.75) is 33.0 Å². The van der Waals surface area contributed by atoms with Crippen molar-refractivity contribution in [3.63, 3.8) is 0 Å². The van der Waals surface area contributed by atoms with Crippen LogP contribution in [0.4, 0.5) is 4.39 Å². The van der Waals surface area contributed by atoms with E-state index in [0.29, 0.717) is 11.3 Å². The molecule has 4 rings (SSSR count). The summed E-state index contributed by atoms with van der Waals surface area (Å²) in [7, 11) is 1.35. The number of hydrogen-bond donors (Lipinski definition) is 3. The molecular formula is C23H24FN5O5. The molecule has 11 heteroatoms. The Morgan fingerprint density at radius 2 is 2.09 bits per heavy atom. The zero-order valence-corrected chi connectivity index (χ0v) is 19.0. The number of aromatic nitrogens is 3. The first-order valence-corrected chi connectivity index (χ1v) is 10.5. The fourth-order valence-corrected chi connectivity index (χ4v) is 3.29. The van der Waals surface area contributed by atoms with Gasteiger partial charge in [-0.2, -0.15) is 5.10 Å². The van der Waals surface area contributed by atoms with E-state index in [1.165, 1.54) is 13.1 Å². The number of fused-ring (bicyclic) bond motifs is 3. The Balaban J connectivity index is 0.00000158. The number of nitrogens with zero attached hydrogens (tertiary/aromatic N) is 3. The molecule has 0 spiro atoms. The quantitative estimate of drug-likeness (QED) is 0.498. The fourth-order valence-electron chi connectivity index (χ4n) is 3.29. The molecule has 2 atom stereocenters. The topological polar surface area (TPSA) is 146 Å². The van der Waals surface area contributed by atoms with Crippen molar-refractivity contribution in [3.8, 4) is 23.3 Å². The van der Waals surface area contributed by atoms with Gasteiger partial charge in [0.2, 0.25) is 0 Å². The number of aliphatic hydroxyl groups excluding tert-OH is 1. The van der Waals surface area contributed by atoms with Crippen molar-refractivity contribution in [2.24, 2.45) is 5.73 Å². The summed E-state index contributed by atoms with van der Waals surface area (Å²) in [5.74, 6) is 4.58. The molecule has 0 radical (unpaired) electrons. The molecule has 0 aliphatic carbocycles. The first kappa shape index (κ1) is 24.5. The summed E-state index contributed by atoms with van der Waals surface area (Å²) in [6.45, 7) is 5.30. The minimum Gasteiger partial charge on any atom is -0.488 e. The summed E-state index contributed by atoms with van der Waals surface area (Å²) in [6.07, 6.45) is -2.93. The second-order valence-corrected chi connectivity index (χ2v) is 6.96. The number of ether oxygens (including phenoxy) is 1. The molecule has 34 heavy (non-hydrogen) atoms. The Bertz CT molecular complexity index is 1290. The van der Waals surface area contributed by atoms with Gasteiger partial charge < -0.3 is 25.4 Å². The molecule has 10 nitrogen and oxygen atoms in total. The molecule has 2 amide bonds. The first-order chi connectivity index (χ1) is 16.3. The van der Waals surface area contributed by atoms with Gasteiger partial charge >= 0.3 is 0 Å². The number of halogens is 1. The standard InChI is InChI=1S/C21H18FN5O5.C2H6/c1-10-7-13(26-32-10)15(28)5-3-11-4-6-16-14(8-11)27-19(12(22)9-31-16)17(21(30)24-2)18(25-27)20(23)29;1-2/h4,6-8,12,15,28H,9H2,1-2H3,(H2,23,29)(H,24,30);1-2H3. The van der Waals surface area contributed by atoms with E-state index in [-0.39, 0.29) is 34.1 Å². The van der Waals surface area contributed by atoms with Gasteiger partial charge in [0.1, 0.15) is 29.5 Å². The Labute approximate surface area is 194 Å². The molecule has 1 aliphatic heterocycles. The smallest absolute Gasteiger partial charge is 0.270 e. The van der Waals surface area contributed by atoms with Gasteiger partial charge in [-0.05, 0) is 25.1 Å². The Morgan fingerprint density at radius 1 is 1.35 bits per heavy atom. The van der Waals surface area contributed by atoms with E-state index in [4.69, 9.17) is 15.0 Å². The van der Waals surface area contributed by atoms with E-state index in [0.717, 1.165) is 4.68 Å². The lowest BCUT2D eigenvalue weighted by molar-refractivity contribution is 0.0938. The molecule has 0 fully saturated rings. The maximum atomic E-state index is 15.0. The molecule has 1 aliphatic rings. The summed E-state index contributed by atoms with van der Waals surface area (Å²) in [5.41, 5.74) is 5.58. The normalized spacial score (nSPS) is 14.6. The number of aryl methyl sites for hydroxylation is 1. The number of benzene rings is 1. The van der Waals surface area contributed by atoms with E-state index in [1.807, 2.05) is 13.8 Å². The summed E-state index contributed by atoms with van der Waals surface area (Å²) in [5, 5.41) is 20.4. The second-order valence-electron chi connectivity index (χ2n) is 6.96. The maximum Gasteiger partial charge on any atom is 0.270 e. The third kappa shape index (κ3) is 4.62. The monoisotopic (exact) mass is 469 g/mol. The van der Waals surface area contributed by atoms with Crippen LogP contribution in [0.15, 0.2) is 28.8 Å². The van der Waals surface area contributed by atoms with Gasteiger partial charge in [-0.25, -0.2) is 9.07 Å². The van der Waals surface area contributed by atoms with Crippen LogP contribution in [0.2, 0.25) is 0 Å². The largest absolute Gasteiger partial charge is 0.488 e. The van der Waals surface area contributed by atoms with Crippen LogP contribution in [0.5, 0.6) is 5.75 Å². The number of aliphatic hydroxyl groups is 1. The molecule has 0 bridgehead atoms. The number of nitrogens with two attached hydrogens (primary N) is 1. The third-order valence-electron chi connectivity index (χ3n) is 4.76. The van der Waals surface area contributed by atoms with Crippen LogP contribution in [0.25, 0.3) is 5.69 Å². The first-order valence-electron chi connectivity index (χ1n) is 10.5. The van der Waals surface area contributed by atoms with Crippen LogP contribution in [0, 0.1) is 18.8 Å². The van der Waals surface area contributed by atoms with Crippen LogP contribution in [-0.4, -0.2) is 45.5 Å². The number of hydrogen-bond acceptors (Lipinski definition) is 7. The van der Waals surface area contributed by atoms with Gasteiger partial charge in [-0.3, -0.25) is 9.59 Å². The third-order valence-corrected chi connectivity index (χ3v) is 4.76. The van der Waals surface area contributed by atoms with E-state index in [1.54, 1.807) is 25.1 Å². The molecule has 2 unspecified atom stereocenters. The van der Waals surface area contributed by atoms with Crippen LogP contribution in [0.3, 0.4) is 0 Å². The van der Waals surface area contributed by atoms with Gasteiger partial charge in [0.25, 0.3) is 11.8 Å². The van der Waals surface area contributed by atoms with Crippen molar-refractivity contribution in [2.75, 3.05) is 13.7 Å². The minimum absolute atomic E-state index is 0.153. The van der Waals surface area contributed by atoms with Gasteiger partial charge in [0, 0.05) is 18.7 Å². The number of nitrogens with one attached hydrogen (secondary N) is 1. The van der Waals surface area contributed by atoms with Crippen molar-refractivity contribution in [3.05, 3.63) is 58.2 Å². The number of amides is 2. The minimum atomic E-state index is -1.75. The molecule has 0 saturated carbocycles. The molecule has 3 heterocycles. The summed E-state index contributed by atoms with van der Waals surface area (Å²) < 4.78 is 26.6. The van der Waals surface area contributed by atoms with Crippen LogP contribution < -0.4 is 15.8 Å². The number of rotatable bonds is 3. The van der Waals surface area contributed by atoms with Crippen molar-refractivity contribution in [1.82, 2.24) is 20.3 Å². The number of primary amides is 1. The average Bonchev–Trinajstić information content (AvgIpc) is 3.43. The molecule has 4 N–H and O–H groups in total. The van der Waals surface area contributed by atoms with E-state index < -0.39 is 30.7 Å². The molecule has 1 aromatic carbocycles. The van der Waals surface area contributed by atoms with Crippen molar-refractivity contribution >= 4 is 11.8 Å². The highest BCUT2D eigenvalue weighted by Gasteiger charge is 2.34. The maximum absolute atomic E-state index is 15.0. The van der Waals surface area contributed by atoms with Gasteiger partial charge in [-0.15, -0.1) is 0 Å². The highest BCUT2D eigenvalue weighted by Crippen LogP contribution is 2.35. The Morgan fingerprint density at radius 3 is 2.71 bits per heavy atom. The zero-order chi connectivity index (χ0) is 25.0. The summed E-state index contributed by atoms with van der Waals surface area (Å²) >= 11 is 0. The van der Waals surface area contributed by atoms with E-state index >= 15 is 0 Å². The predicted octanol–water partition coefficient (Wildman–Crippen LogP) is 2.14. The Kier molecular flexibility index (Phi) is 7.33. The highest BCUT2D eigenvalue weighted by molar-refractivity contribution is 6.06. The number of alkyl halides is 1. The number of carbonyl (C=O) groups is 2. The lowest BCUT2D eigenvalue weighted by atomic mass is 10.1. The molecule has 2 aromatic heterocycles. The molecule has 178 valence electrons. The van der Waals surface area contributed by atoms with E-state index in [9.17, 15) is 19.1 Å². The lowest BCUT2D eigenvalue weighted by Gasteiger charge is -2.08. The second kappa shape index (κ2) is 10.2. The predicted molar refractivity (Wildman–Crippen MR) is 119 cm³/mol. The van der Waals surface area contributed by atoms with Gasteiger partial charge in [0.05, 0.1) is 11.3 Å². The Hall–Kier alpha value is -4.17. The van der Waals surface area contributed by atoms with Crippen LogP contribution >= 0.6 is 0 Å². The van der Waals surface area contributed by atoms with E-state index in [2.05, 4.69) is 27.4 Å². The fraction of sp³-hybridized carbons (Fsp3) is 0.304. The average molecular weight is 469 g/mol. The SMILES string of the molecule is CC.CNC(=O)c1c(C(N)=O)nn2c1C(F)COc1ccc(C#CC(O)c3cc(C)on3)cc1-2. The summed E-state index contributed by atoms with van der Waals surface area (Å²) in [4.78, 5) is 24.3. The van der Waals surface area contributed by atoms with Crippen molar-refractivity contribution < 1.29 is 28.3 Å². The summed E-state index contributed by atoms with van der Waals surface area (Å²) in [6, 6.07) is 6.27. The van der Waals surface area contributed by atoms with Crippen LogP contribution in [-0.2, 0) is 0 Å². The van der Waals surface area contributed by atoms with Crippen LogP contribution in [0.1, 0.15) is 69.7 Å². The number of carbonyl (C=O) groups excluding carboxylic acids is 2. The molecule has 0 saturated heterocycles.